The highest BCUT2D eigenvalue weighted by Gasteiger charge is 2.35. The van der Waals surface area contributed by atoms with Gasteiger partial charge in [0, 0.05) is 17.7 Å². The summed E-state index contributed by atoms with van der Waals surface area (Å²) >= 11 is 1.22. The summed E-state index contributed by atoms with van der Waals surface area (Å²) in [7, 11) is 3.06. The number of hydrogen-bond donors (Lipinski definition) is 0. The number of aromatic nitrogens is 1. The Kier molecular flexibility index (Phi) is 9.67. The van der Waals surface area contributed by atoms with Gasteiger partial charge in [-0.15, -0.1) is 0 Å². The molecule has 0 bridgehead atoms. The quantitative estimate of drug-likeness (QED) is 0.103. The number of benzene rings is 4. The average Bonchev–Trinajstić information content (AvgIpc) is 3.44. The Bertz CT molecular complexity index is 2220. The molecule has 1 aromatic heterocycles. The van der Waals surface area contributed by atoms with Crippen LogP contribution in [-0.4, -0.2) is 36.3 Å². The van der Waals surface area contributed by atoms with Crippen molar-refractivity contribution in [1.82, 2.24) is 4.57 Å². The molecule has 0 saturated heterocycles. The van der Waals surface area contributed by atoms with E-state index in [-0.39, 0.29) is 30.0 Å². The molecule has 0 amide bonds. The van der Waals surface area contributed by atoms with Crippen molar-refractivity contribution in [2.45, 2.75) is 19.6 Å². The molecule has 1 aliphatic heterocycles. The van der Waals surface area contributed by atoms with Crippen LogP contribution in [0.5, 0.6) is 17.2 Å². The zero-order valence-corrected chi connectivity index (χ0v) is 27.6. The molecule has 0 radical (unpaired) electrons. The number of nitro benzene ring substituents is 1. The predicted octanol–water partition coefficient (Wildman–Crippen LogP) is 5.44. The Labute approximate surface area is 284 Å². The lowest BCUT2D eigenvalue weighted by atomic mass is 9.93. The summed E-state index contributed by atoms with van der Waals surface area (Å²) in [5.74, 6) is 0.962. The molecule has 0 N–H and O–H groups in total. The summed E-state index contributed by atoms with van der Waals surface area (Å²) in [6, 6.07) is 27.1. The first-order valence-corrected chi connectivity index (χ1v) is 16.1. The molecule has 12 heteroatoms. The Hall–Kier alpha value is -6.01. The molecule has 11 nitrogen and oxygen atoms in total. The minimum absolute atomic E-state index is 0.0156. The monoisotopic (exact) mass is 677 g/mol. The van der Waals surface area contributed by atoms with Gasteiger partial charge in [0.2, 0.25) is 0 Å². The predicted molar refractivity (Wildman–Crippen MR) is 184 cm³/mol. The number of methoxy groups -OCH3 is 2. The SMILES string of the molecule is CCOC(=O)C1=C(c2ccccc2)N=c2s/c(=C\c3ccc(OCc4ccc([N+](=O)[O-])cc4)cc3)c(=O)n2C1c1ccc(OC)c(OC)c1. The Morgan fingerprint density at radius 1 is 0.959 bits per heavy atom. The van der Waals surface area contributed by atoms with Gasteiger partial charge in [0.1, 0.15) is 12.4 Å². The molecule has 2 heterocycles. The number of ether oxygens (including phenoxy) is 4. The molecular formula is C37H31N3O8S. The van der Waals surface area contributed by atoms with Gasteiger partial charge in [-0.2, -0.15) is 0 Å². The van der Waals surface area contributed by atoms with Gasteiger partial charge in [-0.25, -0.2) is 9.79 Å². The first-order chi connectivity index (χ1) is 23.8. The first kappa shape index (κ1) is 32.9. The van der Waals surface area contributed by atoms with E-state index >= 15 is 0 Å². The molecule has 1 aliphatic rings. The maximum Gasteiger partial charge on any atom is 0.338 e. The van der Waals surface area contributed by atoms with Gasteiger partial charge in [0.25, 0.3) is 11.2 Å². The molecule has 248 valence electrons. The Morgan fingerprint density at radius 3 is 2.33 bits per heavy atom. The Balaban J connectivity index is 1.42. The van der Waals surface area contributed by atoms with E-state index in [0.29, 0.717) is 43.4 Å². The highest BCUT2D eigenvalue weighted by atomic mass is 32.1. The molecule has 49 heavy (non-hydrogen) atoms. The summed E-state index contributed by atoms with van der Waals surface area (Å²) in [6.45, 7) is 2.10. The zero-order chi connectivity index (χ0) is 34.5. The second-order valence-corrected chi connectivity index (χ2v) is 11.8. The molecule has 0 spiro atoms. The van der Waals surface area contributed by atoms with E-state index < -0.39 is 16.9 Å². The van der Waals surface area contributed by atoms with Crippen LogP contribution in [0.25, 0.3) is 11.8 Å². The minimum atomic E-state index is -0.873. The van der Waals surface area contributed by atoms with Crippen molar-refractivity contribution in [2.24, 2.45) is 4.99 Å². The fraction of sp³-hybridized carbons (Fsp3) is 0.162. The fourth-order valence-corrected chi connectivity index (χ4v) is 6.47. The van der Waals surface area contributed by atoms with Crippen LogP contribution in [0.1, 0.15) is 35.2 Å². The lowest BCUT2D eigenvalue weighted by molar-refractivity contribution is -0.384. The van der Waals surface area contributed by atoms with Gasteiger partial charge in [-0.1, -0.05) is 59.9 Å². The van der Waals surface area contributed by atoms with E-state index in [4.69, 9.17) is 23.9 Å². The van der Waals surface area contributed by atoms with E-state index in [0.717, 1.165) is 11.1 Å². The number of nitro groups is 1. The molecule has 1 unspecified atom stereocenters. The van der Waals surface area contributed by atoms with Crippen LogP contribution in [0.15, 0.2) is 112 Å². The number of carbonyl (C=O) groups excluding carboxylic acids is 1. The molecule has 0 saturated carbocycles. The number of fused-ring (bicyclic) bond motifs is 1. The van der Waals surface area contributed by atoms with Crippen molar-refractivity contribution in [3.8, 4) is 17.2 Å². The fourth-order valence-electron chi connectivity index (χ4n) is 5.47. The molecule has 1 atom stereocenters. The zero-order valence-electron chi connectivity index (χ0n) is 26.8. The largest absolute Gasteiger partial charge is 0.493 e. The van der Waals surface area contributed by atoms with Gasteiger partial charge < -0.3 is 18.9 Å². The van der Waals surface area contributed by atoms with Crippen LogP contribution in [0, 0.1) is 10.1 Å². The van der Waals surface area contributed by atoms with Gasteiger partial charge in [-0.3, -0.25) is 19.5 Å². The number of thiazole rings is 1. The van der Waals surface area contributed by atoms with Crippen molar-refractivity contribution in [1.29, 1.82) is 0 Å². The molecule has 0 fully saturated rings. The Morgan fingerprint density at radius 2 is 1.67 bits per heavy atom. The van der Waals surface area contributed by atoms with Gasteiger partial charge >= 0.3 is 5.97 Å². The average molecular weight is 678 g/mol. The van der Waals surface area contributed by atoms with Gasteiger partial charge in [0.15, 0.2) is 16.3 Å². The molecule has 6 rings (SSSR count). The summed E-state index contributed by atoms with van der Waals surface area (Å²) in [5.41, 5.74) is 3.21. The van der Waals surface area contributed by atoms with E-state index in [1.807, 2.05) is 42.5 Å². The lowest BCUT2D eigenvalue weighted by Crippen LogP contribution is -2.40. The molecule has 4 aromatic carbocycles. The molecule has 0 aliphatic carbocycles. The van der Waals surface area contributed by atoms with Crippen molar-refractivity contribution >= 4 is 34.8 Å². The number of carbonyl (C=O) groups is 1. The number of nitrogens with zero attached hydrogens (tertiary/aromatic N) is 3. The lowest BCUT2D eigenvalue weighted by Gasteiger charge is -2.26. The van der Waals surface area contributed by atoms with Gasteiger partial charge in [0.05, 0.1) is 47.6 Å². The van der Waals surface area contributed by atoms with E-state index in [2.05, 4.69) is 0 Å². The van der Waals surface area contributed by atoms with E-state index in [1.54, 1.807) is 55.5 Å². The number of hydrogen-bond acceptors (Lipinski definition) is 10. The highest BCUT2D eigenvalue weighted by molar-refractivity contribution is 7.07. The second kappa shape index (κ2) is 14.4. The second-order valence-electron chi connectivity index (χ2n) is 10.8. The van der Waals surface area contributed by atoms with Crippen LogP contribution in [0.2, 0.25) is 0 Å². The third-order valence-electron chi connectivity index (χ3n) is 7.83. The van der Waals surface area contributed by atoms with Crippen molar-refractivity contribution in [3.05, 3.63) is 155 Å². The van der Waals surface area contributed by atoms with E-state index in [9.17, 15) is 19.7 Å². The van der Waals surface area contributed by atoms with Crippen LogP contribution in [0.4, 0.5) is 5.69 Å². The van der Waals surface area contributed by atoms with Gasteiger partial charge in [-0.05, 0) is 66.1 Å². The third kappa shape index (κ3) is 6.85. The topological polar surface area (TPSA) is 131 Å². The third-order valence-corrected chi connectivity index (χ3v) is 8.81. The smallest absolute Gasteiger partial charge is 0.338 e. The normalized spacial score (nSPS) is 14.1. The summed E-state index contributed by atoms with van der Waals surface area (Å²) < 4.78 is 24.4. The first-order valence-electron chi connectivity index (χ1n) is 15.3. The molecule has 5 aromatic rings. The van der Waals surface area contributed by atoms with Crippen LogP contribution in [0.3, 0.4) is 0 Å². The van der Waals surface area contributed by atoms with Crippen LogP contribution >= 0.6 is 11.3 Å². The van der Waals surface area contributed by atoms with Crippen molar-refractivity contribution in [2.75, 3.05) is 20.8 Å². The summed E-state index contributed by atoms with van der Waals surface area (Å²) in [6.07, 6.45) is 1.77. The molecular weight excluding hydrogens is 646 g/mol. The number of non-ortho nitro benzene ring substituents is 1. The number of esters is 1. The highest BCUT2D eigenvalue weighted by Crippen LogP contribution is 2.38. The maximum atomic E-state index is 14.2. The van der Waals surface area contributed by atoms with E-state index in [1.165, 1.54) is 42.3 Å². The summed E-state index contributed by atoms with van der Waals surface area (Å²) in [5, 5.41) is 10.9. The van der Waals surface area contributed by atoms with Crippen molar-refractivity contribution in [3.63, 3.8) is 0 Å². The number of rotatable bonds is 11. The maximum absolute atomic E-state index is 14.2. The van der Waals surface area contributed by atoms with Crippen molar-refractivity contribution < 1.29 is 28.7 Å². The minimum Gasteiger partial charge on any atom is -0.493 e. The van der Waals surface area contributed by atoms with Crippen LogP contribution in [-0.2, 0) is 16.1 Å². The standard InChI is InChI=1S/C37H31N3O8S/c1-4-47-36(42)32-33(25-8-6-5-7-9-25)38-37-39(34(32)26-14-19-29(45-2)30(21-26)46-3)35(41)31(49-37)20-23-12-17-28(18-13-23)48-22-24-10-15-27(16-11-24)40(43)44/h5-21,34H,4,22H2,1-3H3/b31-20-. The van der Waals surface area contributed by atoms with Crippen LogP contribution < -0.4 is 29.1 Å². The summed E-state index contributed by atoms with van der Waals surface area (Å²) in [4.78, 5) is 43.7.